The minimum absolute atomic E-state index is 0.0335. The van der Waals surface area contributed by atoms with Gasteiger partial charge in [-0.2, -0.15) is 0 Å². The van der Waals surface area contributed by atoms with Crippen LogP contribution in [0.3, 0.4) is 0 Å². The SMILES string of the molecule is CCCCC[Si]1CCC(C2CCC(c3c(-c4ccccc4)cc(F)c(F)c3F)CC2)CC1. The number of unbranched alkanes of at least 4 members (excludes halogenated alkanes) is 2. The lowest BCUT2D eigenvalue weighted by Gasteiger charge is -2.38. The first-order valence-electron chi connectivity index (χ1n) is 12.6. The molecule has 0 aromatic heterocycles. The third kappa shape index (κ3) is 5.32. The summed E-state index contributed by atoms with van der Waals surface area (Å²) in [6, 6.07) is 14.9. The van der Waals surface area contributed by atoms with Crippen molar-refractivity contribution in [3.8, 4) is 11.1 Å². The van der Waals surface area contributed by atoms with Gasteiger partial charge in [-0.25, -0.2) is 13.2 Å². The Hall–Kier alpha value is -1.55. The molecule has 173 valence electrons. The Bertz CT molecular complexity index is 866. The molecule has 1 saturated heterocycles. The zero-order chi connectivity index (χ0) is 22.5. The lowest BCUT2D eigenvalue weighted by atomic mass is 9.71. The van der Waals surface area contributed by atoms with Gasteiger partial charge in [-0.3, -0.25) is 0 Å². The van der Waals surface area contributed by atoms with E-state index in [-0.39, 0.29) is 14.7 Å². The zero-order valence-corrected chi connectivity index (χ0v) is 20.3. The molecule has 2 fully saturated rings. The third-order valence-electron chi connectivity index (χ3n) is 8.00. The summed E-state index contributed by atoms with van der Waals surface area (Å²) in [6.45, 7) is 2.28. The van der Waals surface area contributed by atoms with Crippen molar-refractivity contribution in [2.24, 2.45) is 11.8 Å². The molecule has 32 heavy (non-hydrogen) atoms. The van der Waals surface area contributed by atoms with Crippen LogP contribution in [0, 0.1) is 29.3 Å². The van der Waals surface area contributed by atoms with Crippen LogP contribution in [0.1, 0.15) is 76.2 Å². The number of hydrogen-bond donors (Lipinski definition) is 0. The molecule has 2 aromatic carbocycles. The maximum atomic E-state index is 15.0. The number of rotatable bonds is 7. The van der Waals surface area contributed by atoms with Gasteiger partial charge in [0.1, 0.15) is 0 Å². The van der Waals surface area contributed by atoms with E-state index in [0.29, 0.717) is 11.1 Å². The van der Waals surface area contributed by atoms with Gasteiger partial charge in [0.15, 0.2) is 17.5 Å². The summed E-state index contributed by atoms with van der Waals surface area (Å²) in [6.07, 6.45) is 10.8. The van der Waals surface area contributed by atoms with Crippen LogP contribution in [0.15, 0.2) is 36.4 Å². The summed E-state index contributed by atoms with van der Waals surface area (Å²) >= 11 is 0. The quantitative estimate of drug-likeness (QED) is 0.221. The van der Waals surface area contributed by atoms with Crippen LogP contribution in [0.4, 0.5) is 13.2 Å². The monoisotopic (exact) mass is 457 g/mol. The molecule has 0 unspecified atom stereocenters. The average molecular weight is 458 g/mol. The molecule has 4 rings (SSSR count). The van der Waals surface area contributed by atoms with E-state index >= 15 is 4.39 Å². The Morgan fingerprint density at radius 1 is 0.812 bits per heavy atom. The van der Waals surface area contributed by atoms with Crippen molar-refractivity contribution in [1.82, 2.24) is 0 Å². The second-order valence-corrected chi connectivity index (χ2v) is 13.0. The molecule has 2 aromatic rings. The molecule has 2 aliphatic rings. The number of halogens is 3. The van der Waals surface area contributed by atoms with E-state index in [1.807, 2.05) is 30.3 Å². The van der Waals surface area contributed by atoms with E-state index < -0.39 is 17.5 Å². The molecule has 4 heteroatoms. The molecule has 0 N–H and O–H groups in total. The maximum Gasteiger partial charge on any atom is 0.194 e. The molecule has 0 nitrogen and oxygen atoms in total. The highest BCUT2D eigenvalue weighted by Gasteiger charge is 2.34. The van der Waals surface area contributed by atoms with Crippen LogP contribution >= 0.6 is 0 Å². The minimum atomic E-state index is -1.33. The predicted octanol–water partition coefficient (Wildman–Crippen LogP) is 9.14. The molecule has 1 radical (unpaired) electrons. The van der Waals surface area contributed by atoms with E-state index in [2.05, 4.69) is 6.92 Å². The summed E-state index contributed by atoms with van der Waals surface area (Å²) in [4.78, 5) is 0. The van der Waals surface area contributed by atoms with Crippen molar-refractivity contribution in [2.75, 3.05) is 0 Å². The topological polar surface area (TPSA) is 0 Å². The average Bonchev–Trinajstić information content (AvgIpc) is 2.84. The van der Waals surface area contributed by atoms with E-state index in [0.717, 1.165) is 43.1 Å². The van der Waals surface area contributed by atoms with Gasteiger partial charge >= 0.3 is 0 Å². The van der Waals surface area contributed by atoms with E-state index in [1.54, 1.807) is 0 Å². The Balaban J connectivity index is 1.41. The lowest BCUT2D eigenvalue weighted by molar-refractivity contribution is 0.214. The zero-order valence-electron chi connectivity index (χ0n) is 19.3. The fourth-order valence-electron chi connectivity index (χ4n) is 6.14. The molecule has 1 aliphatic heterocycles. The van der Waals surface area contributed by atoms with Gasteiger partial charge in [0.25, 0.3) is 0 Å². The highest BCUT2D eigenvalue weighted by molar-refractivity contribution is 6.58. The van der Waals surface area contributed by atoms with Gasteiger partial charge in [0.2, 0.25) is 0 Å². The van der Waals surface area contributed by atoms with Crippen molar-refractivity contribution in [3.05, 3.63) is 59.4 Å². The molecule has 0 spiro atoms. The van der Waals surface area contributed by atoms with Gasteiger partial charge < -0.3 is 0 Å². The Labute approximate surface area is 193 Å². The van der Waals surface area contributed by atoms with Crippen molar-refractivity contribution in [2.45, 2.75) is 88.8 Å². The predicted molar refractivity (Wildman–Crippen MR) is 129 cm³/mol. The fourth-order valence-corrected chi connectivity index (χ4v) is 9.20. The molecule has 0 bridgehead atoms. The molecule has 1 heterocycles. The summed E-state index contributed by atoms with van der Waals surface area (Å²) in [7, 11) is -0.121. The first-order valence-corrected chi connectivity index (χ1v) is 14.8. The molecule has 1 aliphatic carbocycles. The van der Waals surface area contributed by atoms with Crippen LogP contribution in [0.5, 0.6) is 0 Å². The minimum Gasteiger partial charge on any atom is -0.204 e. The van der Waals surface area contributed by atoms with Crippen molar-refractivity contribution in [1.29, 1.82) is 0 Å². The smallest absolute Gasteiger partial charge is 0.194 e. The third-order valence-corrected chi connectivity index (χ3v) is 11.1. The maximum absolute atomic E-state index is 15.0. The van der Waals surface area contributed by atoms with Crippen LogP contribution in [0.2, 0.25) is 18.1 Å². The largest absolute Gasteiger partial charge is 0.204 e. The first-order chi connectivity index (χ1) is 15.6. The van der Waals surface area contributed by atoms with Gasteiger partial charge in [0, 0.05) is 14.4 Å². The van der Waals surface area contributed by atoms with Crippen LogP contribution < -0.4 is 0 Å². The number of hydrogen-bond acceptors (Lipinski definition) is 0. The Kier molecular flexibility index (Phi) is 8.15. The Morgan fingerprint density at radius 2 is 1.47 bits per heavy atom. The van der Waals surface area contributed by atoms with Gasteiger partial charge in [-0.05, 0) is 60.6 Å². The van der Waals surface area contributed by atoms with E-state index in [9.17, 15) is 8.78 Å². The molecular weight excluding hydrogens is 421 g/mol. The highest BCUT2D eigenvalue weighted by Crippen LogP contribution is 2.46. The standard InChI is InChI=1S/C28H36F3Si/c1-2-3-7-16-32-17-14-21(15-18-32)20-10-12-23(13-11-20)26-24(22-8-5-4-6-9-22)19-25(29)27(30)28(26)31/h4-6,8-9,19-21,23H,2-3,7,10-18H2,1H3. The Morgan fingerprint density at radius 3 is 2.12 bits per heavy atom. The normalized spacial score (nSPS) is 22.9. The molecule has 0 amide bonds. The summed E-state index contributed by atoms with van der Waals surface area (Å²) in [5, 5.41) is 0. The first kappa shape index (κ1) is 23.6. The van der Waals surface area contributed by atoms with Gasteiger partial charge in [-0.1, -0.05) is 87.5 Å². The lowest BCUT2D eigenvalue weighted by Crippen LogP contribution is -2.28. The van der Waals surface area contributed by atoms with Crippen molar-refractivity contribution in [3.63, 3.8) is 0 Å². The van der Waals surface area contributed by atoms with Crippen molar-refractivity contribution < 1.29 is 13.2 Å². The van der Waals surface area contributed by atoms with Gasteiger partial charge in [-0.15, -0.1) is 0 Å². The second-order valence-electron chi connectivity index (χ2n) is 9.97. The van der Waals surface area contributed by atoms with Crippen LogP contribution in [0.25, 0.3) is 11.1 Å². The van der Waals surface area contributed by atoms with Crippen LogP contribution in [-0.4, -0.2) is 8.80 Å². The fraction of sp³-hybridized carbons (Fsp3) is 0.571. The second kappa shape index (κ2) is 11.0. The van der Waals surface area contributed by atoms with E-state index in [4.69, 9.17) is 0 Å². The van der Waals surface area contributed by atoms with E-state index in [1.165, 1.54) is 56.3 Å². The molecular formula is C28H36F3Si. The summed E-state index contributed by atoms with van der Waals surface area (Å²) in [5.41, 5.74) is 1.66. The molecule has 1 saturated carbocycles. The molecule has 0 atom stereocenters. The van der Waals surface area contributed by atoms with Gasteiger partial charge in [0.05, 0.1) is 0 Å². The number of benzene rings is 2. The summed E-state index contributed by atoms with van der Waals surface area (Å²) in [5.74, 6) is -1.90. The van der Waals surface area contributed by atoms with Crippen molar-refractivity contribution >= 4 is 8.80 Å². The highest BCUT2D eigenvalue weighted by atomic mass is 28.3. The van der Waals surface area contributed by atoms with Crippen LogP contribution in [-0.2, 0) is 0 Å². The summed E-state index contributed by atoms with van der Waals surface area (Å²) < 4.78 is 43.3.